The van der Waals surface area contributed by atoms with E-state index >= 15 is 0 Å². The summed E-state index contributed by atoms with van der Waals surface area (Å²) in [5.41, 5.74) is 1.90. The Labute approximate surface area is 97.5 Å². The van der Waals surface area contributed by atoms with E-state index in [9.17, 15) is 0 Å². The van der Waals surface area contributed by atoms with E-state index in [0.717, 1.165) is 17.8 Å². The Hall–Kier alpha value is -1.49. The third kappa shape index (κ3) is 1.90. The first-order valence-corrected chi connectivity index (χ1v) is 6.00. The number of para-hydroxylation sites is 1. The second-order valence-corrected chi connectivity index (χ2v) is 4.68. The van der Waals surface area contributed by atoms with Crippen LogP contribution < -0.4 is 4.90 Å². The summed E-state index contributed by atoms with van der Waals surface area (Å²) in [4.78, 5) is 2.38. The van der Waals surface area contributed by atoms with Crippen LogP contribution in [0.1, 0.15) is 32.3 Å². The van der Waals surface area contributed by atoms with Crippen LogP contribution in [0.3, 0.4) is 0 Å². The van der Waals surface area contributed by atoms with Gasteiger partial charge in [-0.2, -0.15) is 5.26 Å². The van der Waals surface area contributed by atoms with Gasteiger partial charge in [-0.15, -0.1) is 0 Å². The summed E-state index contributed by atoms with van der Waals surface area (Å²) < 4.78 is 0. The highest BCUT2D eigenvalue weighted by molar-refractivity contribution is 5.60. The van der Waals surface area contributed by atoms with Crippen molar-refractivity contribution < 1.29 is 0 Å². The lowest BCUT2D eigenvalue weighted by atomic mass is 9.91. The van der Waals surface area contributed by atoms with Gasteiger partial charge in [0.05, 0.1) is 11.3 Å². The third-order valence-corrected chi connectivity index (χ3v) is 3.71. The van der Waals surface area contributed by atoms with Gasteiger partial charge in [-0.3, -0.25) is 0 Å². The number of anilines is 1. The van der Waals surface area contributed by atoms with E-state index in [1.54, 1.807) is 0 Å². The first kappa shape index (κ1) is 11.0. The molecule has 1 aromatic carbocycles. The number of nitriles is 1. The van der Waals surface area contributed by atoms with E-state index < -0.39 is 0 Å². The molecule has 0 spiro atoms. The second kappa shape index (κ2) is 4.57. The number of hydrogen-bond acceptors (Lipinski definition) is 2. The van der Waals surface area contributed by atoms with Crippen LogP contribution in [0.25, 0.3) is 0 Å². The van der Waals surface area contributed by atoms with Crippen molar-refractivity contribution in [3.8, 4) is 6.07 Å². The smallest absolute Gasteiger partial charge is 0.101 e. The summed E-state index contributed by atoms with van der Waals surface area (Å²) >= 11 is 0. The maximum Gasteiger partial charge on any atom is 0.101 e. The normalized spacial score (nSPS) is 25.2. The zero-order valence-electron chi connectivity index (χ0n) is 9.98. The standard InChI is InChI=1S/C14H18N2/c1-11-6-5-9-16(12(11)2)14-8-4-3-7-13(14)10-15/h3-4,7-8,11-12H,5-6,9H2,1-2H3. The van der Waals surface area contributed by atoms with Crippen molar-refractivity contribution in [2.75, 3.05) is 11.4 Å². The maximum atomic E-state index is 9.12. The van der Waals surface area contributed by atoms with Crippen molar-refractivity contribution in [2.45, 2.75) is 32.7 Å². The third-order valence-electron chi connectivity index (χ3n) is 3.71. The fourth-order valence-corrected chi connectivity index (χ4v) is 2.49. The van der Waals surface area contributed by atoms with Crippen molar-refractivity contribution in [1.29, 1.82) is 5.26 Å². The highest BCUT2D eigenvalue weighted by Gasteiger charge is 2.25. The van der Waals surface area contributed by atoms with E-state index in [1.165, 1.54) is 12.8 Å². The number of nitrogens with zero attached hydrogens (tertiary/aromatic N) is 2. The molecule has 0 N–H and O–H groups in total. The minimum absolute atomic E-state index is 0.531. The molecule has 0 saturated carbocycles. The van der Waals surface area contributed by atoms with E-state index in [2.05, 4.69) is 30.9 Å². The minimum Gasteiger partial charge on any atom is -0.367 e. The van der Waals surface area contributed by atoms with E-state index in [4.69, 9.17) is 5.26 Å². The number of piperidine rings is 1. The largest absolute Gasteiger partial charge is 0.367 e. The molecule has 16 heavy (non-hydrogen) atoms. The van der Waals surface area contributed by atoms with Gasteiger partial charge in [-0.25, -0.2) is 0 Å². The van der Waals surface area contributed by atoms with Crippen molar-refractivity contribution >= 4 is 5.69 Å². The number of benzene rings is 1. The van der Waals surface area contributed by atoms with Gasteiger partial charge in [0.2, 0.25) is 0 Å². The summed E-state index contributed by atoms with van der Waals surface area (Å²) in [6, 6.07) is 10.7. The Morgan fingerprint density at radius 3 is 2.81 bits per heavy atom. The molecule has 1 aromatic rings. The molecule has 0 radical (unpaired) electrons. The molecule has 1 heterocycles. The molecule has 2 heteroatoms. The van der Waals surface area contributed by atoms with Gasteiger partial charge in [0.15, 0.2) is 0 Å². The summed E-state index contributed by atoms with van der Waals surface area (Å²) in [5, 5.41) is 9.12. The number of hydrogen-bond donors (Lipinski definition) is 0. The Bertz CT molecular complexity index is 405. The van der Waals surface area contributed by atoms with Crippen LogP contribution in [0, 0.1) is 17.2 Å². The van der Waals surface area contributed by atoms with Crippen molar-refractivity contribution in [2.24, 2.45) is 5.92 Å². The molecular weight excluding hydrogens is 196 g/mol. The van der Waals surface area contributed by atoms with Gasteiger partial charge < -0.3 is 4.90 Å². The van der Waals surface area contributed by atoms with Crippen LogP contribution in [0.15, 0.2) is 24.3 Å². The lowest BCUT2D eigenvalue weighted by Gasteiger charge is -2.40. The molecule has 0 bridgehead atoms. The molecule has 1 saturated heterocycles. The summed E-state index contributed by atoms with van der Waals surface area (Å²) in [7, 11) is 0. The second-order valence-electron chi connectivity index (χ2n) is 4.68. The zero-order valence-corrected chi connectivity index (χ0v) is 9.98. The highest BCUT2D eigenvalue weighted by Crippen LogP contribution is 2.30. The average molecular weight is 214 g/mol. The molecular formula is C14H18N2. The minimum atomic E-state index is 0.531. The maximum absolute atomic E-state index is 9.12. The number of rotatable bonds is 1. The van der Waals surface area contributed by atoms with Crippen LogP contribution in [0.5, 0.6) is 0 Å². The Kier molecular flexibility index (Phi) is 3.14. The van der Waals surface area contributed by atoms with E-state index in [0.29, 0.717) is 12.0 Å². The van der Waals surface area contributed by atoms with Gasteiger partial charge in [0, 0.05) is 12.6 Å². The molecule has 0 aromatic heterocycles. The fourth-order valence-electron chi connectivity index (χ4n) is 2.49. The molecule has 0 aliphatic carbocycles. The molecule has 1 aliphatic heterocycles. The van der Waals surface area contributed by atoms with Gasteiger partial charge >= 0.3 is 0 Å². The van der Waals surface area contributed by atoms with Crippen molar-refractivity contribution in [1.82, 2.24) is 0 Å². The van der Waals surface area contributed by atoms with Gasteiger partial charge in [-0.05, 0) is 37.8 Å². The zero-order chi connectivity index (χ0) is 11.5. The fraction of sp³-hybridized carbons (Fsp3) is 0.500. The summed E-state index contributed by atoms with van der Waals surface area (Å²) in [6.45, 7) is 5.63. The molecule has 2 nitrogen and oxygen atoms in total. The molecule has 1 aliphatic rings. The molecule has 2 rings (SSSR count). The Morgan fingerprint density at radius 2 is 2.06 bits per heavy atom. The SMILES string of the molecule is CC1CCCN(c2ccccc2C#N)C1C. The van der Waals surface area contributed by atoms with E-state index in [-0.39, 0.29) is 0 Å². The van der Waals surface area contributed by atoms with Crippen molar-refractivity contribution in [3.05, 3.63) is 29.8 Å². The van der Waals surface area contributed by atoms with Crippen LogP contribution in [-0.2, 0) is 0 Å². The average Bonchev–Trinajstić information content (AvgIpc) is 2.33. The van der Waals surface area contributed by atoms with E-state index in [1.807, 2.05) is 18.2 Å². The summed E-state index contributed by atoms with van der Waals surface area (Å²) in [6.07, 6.45) is 2.53. The van der Waals surface area contributed by atoms with Gasteiger partial charge in [-0.1, -0.05) is 19.1 Å². The van der Waals surface area contributed by atoms with Gasteiger partial charge in [0.25, 0.3) is 0 Å². The Balaban J connectivity index is 2.33. The highest BCUT2D eigenvalue weighted by atomic mass is 15.2. The van der Waals surface area contributed by atoms with Crippen LogP contribution >= 0.6 is 0 Å². The van der Waals surface area contributed by atoms with Crippen LogP contribution in [0.2, 0.25) is 0 Å². The van der Waals surface area contributed by atoms with Crippen molar-refractivity contribution in [3.63, 3.8) is 0 Å². The monoisotopic (exact) mass is 214 g/mol. The molecule has 1 fully saturated rings. The molecule has 84 valence electrons. The van der Waals surface area contributed by atoms with Gasteiger partial charge in [0.1, 0.15) is 6.07 Å². The van der Waals surface area contributed by atoms with Crippen LogP contribution in [0.4, 0.5) is 5.69 Å². The lowest BCUT2D eigenvalue weighted by Crippen LogP contribution is -2.42. The summed E-state index contributed by atoms with van der Waals surface area (Å²) in [5.74, 6) is 0.709. The molecule has 0 amide bonds. The molecule has 2 unspecified atom stereocenters. The Morgan fingerprint density at radius 1 is 1.31 bits per heavy atom. The quantitative estimate of drug-likeness (QED) is 0.718. The first-order chi connectivity index (χ1) is 7.74. The lowest BCUT2D eigenvalue weighted by molar-refractivity contribution is 0.363. The topological polar surface area (TPSA) is 27.0 Å². The first-order valence-electron chi connectivity index (χ1n) is 6.00. The van der Waals surface area contributed by atoms with Crippen LogP contribution in [-0.4, -0.2) is 12.6 Å². The predicted molar refractivity (Wildman–Crippen MR) is 66.4 cm³/mol. The predicted octanol–water partition coefficient (Wildman–Crippen LogP) is 3.18. The molecule has 2 atom stereocenters.